The van der Waals surface area contributed by atoms with Crippen LogP contribution in [0, 0.1) is 0 Å². The van der Waals surface area contributed by atoms with Crippen LogP contribution in [0.3, 0.4) is 0 Å². The van der Waals surface area contributed by atoms with E-state index in [0.29, 0.717) is 26.4 Å². The molecule has 0 fully saturated rings. The van der Waals surface area contributed by atoms with Crippen LogP contribution < -0.4 is 0 Å². The summed E-state index contributed by atoms with van der Waals surface area (Å²) in [5, 5.41) is 0. The predicted molar refractivity (Wildman–Crippen MR) is 79.7 cm³/mol. The Hall–Kier alpha value is -0.160. The molecule has 0 radical (unpaired) electrons. The molecule has 0 atom stereocenters. The molecule has 4 nitrogen and oxygen atoms in total. The summed E-state index contributed by atoms with van der Waals surface area (Å²) in [7, 11) is 2.11. The normalized spacial score (nSPS) is 13.3. The fourth-order valence-electron chi connectivity index (χ4n) is 1.27. The van der Waals surface area contributed by atoms with Gasteiger partial charge in [-0.05, 0) is 48.6 Å². The first-order valence-electron chi connectivity index (χ1n) is 7.13. The van der Waals surface area contributed by atoms with Crippen molar-refractivity contribution in [2.24, 2.45) is 0 Å². The molecule has 19 heavy (non-hydrogen) atoms. The number of nitrogens with zero attached hydrogens (tertiary/aromatic N) is 1. The molecule has 0 bridgehead atoms. The van der Waals surface area contributed by atoms with Gasteiger partial charge in [-0.15, -0.1) is 0 Å². The van der Waals surface area contributed by atoms with Gasteiger partial charge < -0.3 is 14.2 Å². The van der Waals surface area contributed by atoms with E-state index in [1.54, 1.807) is 0 Å². The Morgan fingerprint density at radius 2 is 1.21 bits per heavy atom. The average molecular weight is 275 g/mol. The Kier molecular flexibility index (Phi) is 8.83. The summed E-state index contributed by atoms with van der Waals surface area (Å²) in [4.78, 5) is 2.28. The molecule has 0 saturated heterocycles. The maximum Gasteiger partial charge on any atom is 0.0707 e. The van der Waals surface area contributed by atoms with Gasteiger partial charge in [0.25, 0.3) is 0 Å². The van der Waals surface area contributed by atoms with Gasteiger partial charge in [0.2, 0.25) is 0 Å². The summed E-state index contributed by atoms with van der Waals surface area (Å²) < 4.78 is 16.5. The monoisotopic (exact) mass is 275 g/mol. The molecule has 0 spiro atoms. The molecule has 0 saturated carbocycles. The molecule has 0 unspecified atom stereocenters. The van der Waals surface area contributed by atoms with Crippen LogP contribution in [0.1, 0.15) is 41.5 Å². The van der Waals surface area contributed by atoms with Crippen LogP contribution in [-0.2, 0) is 14.2 Å². The lowest BCUT2D eigenvalue weighted by atomic mass is 10.1. The highest BCUT2D eigenvalue weighted by atomic mass is 16.5. The van der Waals surface area contributed by atoms with Crippen molar-refractivity contribution in [1.82, 2.24) is 4.90 Å². The van der Waals surface area contributed by atoms with Crippen molar-refractivity contribution in [3.8, 4) is 0 Å². The van der Waals surface area contributed by atoms with Gasteiger partial charge in [0.05, 0.1) is 38.6 Å². The number of hydrogen-bond donors (Lipinski definition) is 0. The van der Waals surface area contributed by atoms with E-state index in [4.69, 9.17) is 14.2 Å². The summed E-state index contributed by atoms with van der Waals surface area (Å²) in [5.41, 5.74) is 0.113. The van der Waals surface area contributed by atoms with Crippen molar-refractivity contribution in [2.45, 2.75) is 52.7 Å². The van der Waals surface area contributed by atoms with Crippen molar-refractivity contribution in [3.05, 3.63) is 0 Å². The van der Waals surface area contributed by atoms with Crippen LogP contribution in [0.15, 0.2) is 0 Å². The molecular formula is C15H33NO3. The van der Waals surface area contributed by atoms with E-state index in [1.165, 1.54) is 0 Å². The van der Waals surface area contributed by atoms with Crippen LogP contribution in [0.4, 0.5) is 0 Å². The SMILES string of the molecule is CN(CCOCCOCCOC(C)(C)C)C(C)(C)C. The second-order valence-electron chi connectivity index (χ2n) is 6.78. The lowest BCUT2D eigenvalue weighted by molar-refractivity contribution is -0.0434. The minimum atomic E-state index is -0.0859. The molecule has 0 aliphatic rings. The first kappa shape index (κ1) is 18.8. The van der Waals surface area contributed by atoms with E-state index in [2.05, 4.69) is 32.7 Å². The largest absolute Gasteiger partial charge is 0.378 e. The highest BCUT2D eigenvalue weighted by Gasteiger charge is 2.15. The molecule has 0 aliphatic heterocycles. The second-order valence-corrected chi connectivity index (χ2v) is 6.78. The Balaban J connectivity index is 3.29. The van der Waals surface area contributed by atoms with Crippen LogP contribution in [0.2, 0.25) is 0 Å². The van der Waals surface area contributed by atoms with Crippen LogP contribution in [-0.4, -0.2) is 62.7 Å². The van der Waals surface area contributed by atoms with Gasteiger partial charge in [-0.2, -0.15) is 0 Å². The average Bonchev–Trinajstić information content (AvgIpc) is 2.23. The molecular weight excluding hydrogens is 242 g/mol. The predicted octanol–water partition coefficient (Wildman–Crippen LogP) is 2.57. The Labute approximate surface area is 119 Å². The number of hydrogen-bond acceptors (Lipinski definition) is 4. The van der Waals surface area contributed by atoms with E-state index in [-0.39, 0.29) is 11.1 Å². The van der Waals surface area contributed by atoms with Crippen molar-refractivity contribution < 1.29 is 14.2 Å². The molecule has 0 aromatic carbocycles. The Bertz CT molecular complexity index is 218. The van der Waals surface area contributed by atoms with Crippen molar-refractivity contribution >= 4 is 0 Å². The smallest absolute Gasteiger partial charge is 0.0707 e. The van der Waals surface area contributed by atoms with Crippen molar-refractivity contribution in [1.29, 1.82) is 0 Å². The third-order valence-electron chi connectivity index (χ3n) is 2.85. The summed E-state index contributed by atoms with van der Waals surface area (Å²) in [6.07, 6.45) is 0. The van der Waals surface area contributed by atoms with Crippen molar-refractivity contribution in [3.63, 3.8) is 0 Å². The fraction of sp³-hybridized carbons (Fsp3) is 1.00. The lowest BCUT2D eigenvalue weighted by Gasteiger charge is -2.31. The van der Waals surface area contributed by atoms with Gasteiger partial charge in [-0.1, -0.05) is 0 Å². The van der Waals surface area contributed by atoms with Crippen molar-refractivity contribution in [2.75, 3.05) is 46.6 Å². The quantitative estimate of drug-likeness (QED) is 0.605. The highest BCUT2D eigenvalue weighted by Crippen LogP contribution is 2.09. The van der Waals surface area contributed by atoms with Crippen LogP contribution in [0.5, 0.6) is 0 Å². The zero-order chi connectivity index (χ0) is 14.9. The number of ether oxygens (including phenoxy) is 3. The molecule has 4 heteroatoms. The molecule has 0 aromatic rings. The lowest BCUT2D eigenvalue weighted by Crippen LogP contribution is -2.40. The molecule has 0 rings (SSSR count). The molecule has 0 N–H and O–H groups in total. The van der Waals surface area contributed by atoms with Gasteiger partial charge in [-0.25, -0.2) is 0 Å². The van der Waals surface area contributed by atoms with E-state index >= 15 is 0 Å². The van der Waals surface area contributed by atoms with Gasteiger partial charge in [0, 0.05) is 12.1 Å². The van der Waals surface area contributed by atoms with E-state index < -0.39 is 0 Å². The van der Waals surface area contributed by atoms with E-state index in [0.717, 1.165) is 13.2 Å². The molecule has 116 valence electrons. The minimum absolute atomic E-state index is 0.0859. The topological polar surface area (TPSA) is 30.9 Å². The summed E-state index contributed by atoms with van der Waals surface area (Å²) in [5.74, 6) is 0. The van der Waals surface area contributed by atoms with Crippen LogP contribution in [0.25, 0.3) is 0 Å². The van der Waals surface area contributed by atoms with Gasteiger partial charge in [0.1, 0.15) is 0 Å². The first-order chi connectivity index (χ1) is 8.63. The standard InChI is InChI=1S/C15H33NO3/c1-14(2,3)16(7)8-9-17-10-11-18-12-13-19-15(4,5)6/h8-13H2,1-7H3. The highest BCUT2D eigenvalue weighted by molar-refractivity contribution is 4.72. The maximum atomic E-state index is 5.55. The third kappa shape index (κ3) is 12.6. The molecule has 0 aliphatic carbocycles. The molecule has 0 amide bonds. The van der Waals surface area contributed by atoms with Gasteiger partial charge in [0.15, 0.2) is 0 Å². The van der Waals surface area contributed by atoms with Gasteiger partial charge >= 0.3 is 0 Å². The minimum Gasteiger partial charge on any atom is -0.378 e. The second kappa shape index (κ2) is 8.90. The number of likely N-dealkylation sites (N-methyl/N-ethyl adjacent to an activating group) is 1. The first-order valence-corrected chi connectivity index (χ1v) is 7.13. The van der Waals surface area contributed by atoms with E-state index in [9.17, 15) is 0 Å². The van der Waals surface area contributed by atoms with Crippen LogP contribution >= 0.6 is 0 Å². The summed E-state index contributed by atoms with van der Waals surface area (Å²) in [6.45, 7) is 17.0. The molecule has 0 aromatic heterocycles. The third-order valence-corrected chi connectivity index (χ3v) is 2.85. The summed E-state index contributed by atoms with van der Waals surface area (Å²) in [6, 6.07) is 0. The van der Waals surface area contributed by atoms with E-state index in [1.807, 2.05) is 20.8 Å². The van der Waals surface area contributed by atoms with Gasteiger partial charge in [-0.3, -0.25) is 4.90 Å². The zero-order valence-electron chi connectivity index (χ0n) is 13.9. The molecule has 0 heterocycles. The maximum absolute atomic E-state index is 5.55. The summed E-state index contributed by atoms with van der Waals surface area (Å²) >= 11 is 0. The Morgan fingerprint density at radius 3 is 1.68 bits per heavy atom. The number of rotatable bonds is 9. The fourth-order valence-corrected chi connectivity index (χ4v) is 1.27. The Morgan fingerprint density at radius 1 is 0.737 bits per heavy atom. The zero-order valence-corrected chi connectivity index (χ0v) is 13.9.